The van der Waals surface area contributed by atoms with Crippen molar-refractivity contribution in [3.05, 3.63) is 82.4 Å². The highest BCUT2D eigenvalue weighted by Crippen LogP contribution is 2.57. The first-order valence-electron chi connectivity index (χ1n) is 18.0. The Hall–Kier alpha value is -2.80. The van der Waals surface area contributed by atoms with Crippen molar-refractivity contribution in [2.24, 2.45) is 21.1 Å². The smallest absolute Gasteiger partial charge is 0.143 e. The number of hydrogen-bond donors (Lipinski definition) is 1. The molecule has 0 saturated heterocycles. The van der Waals surface area contributed by atoms with Crippen molar-refractivity contribution < 1.29 is 4.39 Å². The topological polar surface area (TPSA) is 57.2 Å². The molecule has 6 rings (SSSR count). The van der Waals surface area contributed by atoms with Gasteiger partial charge in [0.1, 0.15) is 11.7 Å². The zero-order chi connectivity index (χ0) is 33.8. The molecule has 1 spiro atoms. The summed E-state index contributed by atoms with van der Waals surface area (Å²) in [6.45, 7) is 13.1. The van der Waals surface area contributed by atoms with Crippen molar-refractivity contribution in [3.63, 3.8) is 0 Å². The van der Waals surface area contributed by atoms with Crippen LogP contribution in [0.3, 0.4) is 0 Å². The zero-order valence-corrected chi connectivity index (χ0v) is 30.0. The van der Waals surface area contributed by atoms with Crippen LogP contribution in [-0.2, 0) is 6.42 Å². The molecule has 0 amide bonds. The van der Waals surface area contributed by atoms with Crippen molar-refractivity contribution in [2.75, 3.05) is 20.1 Å². The van der Waals surface area contributed by atoms with Gasteiger partial charge in [-0.15, -0.1) is 0 Å². The van der Waals surface area contributed by atoms with Gasteiger partial charge in [0.2, 0.25) is 0 Å². The number of halogens is 2. The Bertz CT molecular complexity index is 1350. The van der Waals surface area contributed by atoms with Gasteiger partial charge < -0.3 is 15.5 Å². The van der Waals surface area contributed by atoms with E-state index in [1.165, 1.54) is 102 Å². The minimum Gasteiger partial charge on any atom is -0.333 e. The molecule has 47 heavy (non-hydrogen) atoms. The molecule has 256 valence electrons. The first kappa shape index (κ1) is 37.0. The normalized spacial score (nSPS) is 20.7. The quantitative estimate of drug-likeness (QED) is 0.258. The lowest BCUT2D eigenvalue weighted by molar-refractivity contribution is -0.0547. The molecule has 1 heterocycles. The van der Waals surface area contributed by atoms with Crippen molar-refractivity contribution in [2.45, 2.75) is 116 Å². The Kier molecular flexibility index (Phi) is 14.3. The van der Waals surface area contributed by atoms with E-state index >= 15 is 0 Å². The summed E-state index contributed by atoms with van der Waals surface area (Å²) in [5.41, 5.74) is 10.2. The maximum absolute atomic E-state index is 14.0. The van der Waals surface area contributed by atoms with Gasteiger partial charge in [0.05, 0.1) is 5.69 Å². The molecule has 5 nitrogen and oxygen atoms in total. The Balaban J connectivity index is 0.000000260. The number of rotatable bonds is 10. The van der Waals surface area contributed by atoms with E-state index in [9.17, 15) is 4.39 Å². The van der Waals surface area contributed by atoms with E-state index in [0.717, 1.165) is 53.3 Å². The Morgan fingerprint density at radius 2 is 1.64 bits per heavy atom. The van der Waals surface area contributed by atoms with Crippen LogP contribution in [0.5, 0.6) is 0 Å². The van der Waals surface area contributed by atoms with Gasteiger partial charge >= 0.3 is 0 Å². The first-order chi connectivity index (χ1) is 22.9. The van der Waals surface area contributed by atoms with Crippen LogP contribution in [0.15, 0.2) is 70.4 Å². The number of nitrogens with zero attached hydrogens (tertiary/aromatic N) is 4. The van der Waals surface area contributed by atoms with Gasteiger partial charge in [-0.2, -0.15) is 0 Å². The molecule has 4 aliphatic rings. The SMILES string of the molecule is C=N/C=C1/C(c2ccc(CC)cc2)=CN(C2CCCCC2)C1=Nc1cc(F)cc(Cl)c1.CCCN(CCC)C1CC2(CCC2)C1.CN. The van der Waals surface area contributed by atoms with Crippen LogP contribution in [0.1, 0.15) is 109 Å². The fourth-order valence-corrected chi connectivity index (χ4v) is 7.93. The molecular formula is C40H57ClFN5. The van der Waals surface area contributed by atoms with Gasteiger partial charge in [0.15, 0.2) is 0 Å². The van der Waals surface area contributed by atoms with Crippen molar-refractivity contribution in [1.82, 2.24) is 9.80 Å². The van der Waals surface area contributed by atoms with Crippen LogP contribution in [0.25, 0.3) is 5.57 Å². The van der Waals surface area contributed by atoms with Crippen LogP contribution >= 0.6 is 11.6 Å². The molecule has 3 aliphatic carbocycles. The van der Waals surface area contributed by atoms with E-state index in [-0.39, 0.29) is 0 Å². The first-order valence-corrected chi connectivity index (χ1v) is 18.4. The average Bonchev–Trinajstić information content (AvgIpc) is 3.39. The van der Waals surface area contributed by atoms with E-state index in [1.54, 1.807) is 12.3 Å². The van der Waals surface area contributed by atoms with Crippen LogP contribution < -0.4 is 5.73 Å². The third-order valence-corrected chi connectivity index (χ3v) is 10.5. The predicted molar refractivity (Wildman–Crippen MR) is 200 cm³/mol. The second kappa shape index (κ2) is 18.1. The lowest BCUT2D eigenvalue weighted by Gasteiger charge is -2.57. The zero-order valence-electron chi connectivity index (χ0n) is 29.3. The second-order valence-electron chi connectivity index (χ2n) is 13.5. The number of aliphatic imine (C=N–C) groups is 2. The van der Waals surface area contributed by atoms with Crippen molar-refractivity contribution >= 4 is 35.4 Å². The van der Waals surface area contributed by atoms with E-state index < -0.39 is 5.82 Å². The lowest BCUT2D eigenvalue weighted by Crippen LogP contribution is -2.54. The largest absolute Gasteiger partial charge is 0.333 e. The summed E-state index contributed by atoms with van der Waals surface area (Å²) >= 11 is 6.09. The minimum absolute atomic E-state index is 0.331. The summed E-state index contributed by atoms with van der Waals surface area (Å²) < 4.78 is 14.0. The van der Waals surface area contributed by atoms with E-state index in [1.807, 2.05) is 0 Å². The maximum atomic E-state index is 14.0. The molecule has 2 aromatic rings. The Labute approximate surface area is 288 Å². The molecular weight excluding hydrogens is 605 g/mol. The Morgan fingerprint density at radius 3 is 2.17 bits per heavy atom. The number of amidine groups is 1. The number of aryl methyl sites for hydroxylation is 1. The fourth-order valence-electron chi connectivity index (χ4n) is 7.71. The summed E-state index contributed by atoms with van der Waals surface area (Å²) in [6, 6.07) is 14.3. The van der Waals surface area contributed by atoms with Gasteiger partial charge in [-0.25, -0.2) is 9.38 Å². The second-order valence-corrected chi connectivity index (χ2v) is 14.0. The highest BCUT2D eigenvalue weighted by Gasteiger charge is 2.49. The molecule has 2 aromatic carbocycles. The van der Waals surface area contributed by atoms with Gasteiger partial charge in [-0.3, -0.25) is 4.99 Å². The van der Waals surface area contributed by atoms with Crippen LogP contribution in [-0.4, -0.2) is 54.6 Å². The van der Waals surface area contributed by atoms with Crippen LogP contribution in [0.4, 0.5) is 10.1 Å². The molecule has 7 heteroatoms. The van der Waals surface area contributed by atoms with Crippen molar-refractivity contribution in [1.29, 1.82) is 0 Å². The Morgan fingerprint density at radius 1 is 0.979 bits per heavy atom. The molecule has 0 radical (unpaired) electrons. The van der Waals surface area contributed by atoms with Gasteiger partial charge in [0.25, 0.3) is 0 Å². The average molecular weight is 662 g/mol. The van der Waals surface area contributed by atoms with E-state index in [4.69, 9.17) is 16.6 Å². The highest BCUT2D eigenvalue weighted by molar-refractivity contribution is 6.30. The van der Waals surface area contributed by atoms with Crippen LogP contribution in [0.2, 0.25) is 5.02 Å². The molecule has 0 bridgehead atoms. The summed E-state index contributed by atoms with van der Waals surface area (Å²) in [4.78, 5) is 13.9. The predicted octanol–water partition coefficient (Wildman–Crippen LogP) is 10.4. The monoisotopic (exact) mass is 661 g/mol. The van der Waals surface area contributed by atoms with Gasteiger partial charge in [-0.1, -0.05) is 82.3 Å². The molecule has 3 saturated carbocycles. The van der Waals surface area contributed by atoms with E-state index in [2.05, 4.69) is 78.5 Å². The van der Waals surface area contributed by atoms with Gasteiger partial charge in [0, 0.05) is 40.7 Å². The molecule has 0 aromatic heterocycles. The number of hydrogen-bond acceptors (Lipinski definition) is 4. The highest BCUT2D eigenvalue weighted by atomic mass is 35.5. The summed E-state index contributed by atoms with van der Waals surface area (Å²) in [7, 11) is 1.50. The third-order valence-electron chi connectivity index (χ3n) is 10.3. The van der Waals surface area contributed by atoms with Crippen LogP contribution in [0, 0.1) is 11.2 Å². The molecule has 1 aliphatic heterocycles. The minimum atomic E-state index is -0.398. The summed E-state index contributed by atoms with van der Waals surface area (Å²) in [5, 5.41) is 0.331. The maximum Gasteiger partial charge on any atom is 0.143 e. The number of nitrogens with two attached hydrogens (primary N) is 1. The molecule has 2 N–H and O–H groups in total. The van der Waals surface area contributed by atoms with Gasteiger partial charge in [-0.05, 0) is 119 Å². The standard InChI is InChI=1S/C26H27ClFN3.C13H25N.CH5N/c1-3-18-9-11-19(12-10-18)25-17-31(23-7-5-4-6-8-23)26(24(25)16-29-2)30-22-14-20(27)13-21(28)15-22;1-3-8-14(9-4-2)12-10-13(11-12)6-5-7-13;1-2/h9-17,23H,2-8H2,1H3;12H,3-11H2,1-2H3;2H2,1H3/b24-16-,30-26?;;. The third kappa shape index (κ3) is 9.43. The summed E-state index contributed by atoms with van der Waals surface area (Å²) in [5.74, 6) is 0.375. The summed E-state index contributed by atoms with van der Waals surface area (Å²) in [6.07, 6.45) is 21.1. The van der Waals surface area contributed by atoms with E-state index in [0.29, 0.717) is 16.8 Å². The number of benzene rings is 2. The molecule has 0 unspecified atom stereocenters. The van der Waals surface area contributed by atoms with Crippen molar-refractivity contribution in [3.8, 4) is 0 Å². The molecule has 3 fully saturated rings. The lowest BCUT2D eigenvalue weighted by atomic mass is 9.54. The molecule has 0 atom stereocenters. The fraction of sp³-hybridized carbons (Fsp3) is 0.550.